The highest BCUT2D eigenvalue weighted by molar-refractivity contribution is 6.30. The molecule has 1 heterocycles. The van der Waals surface area contributed by atoms with Crippen molar-refractivity contribution in [2.45, 2.75) is 6.92 Å². The zero-order valence-electron chi connectivity index (χ0n) is 9.96. The van der Waals surface area contributed by atoms with E-state index in [1.54, 1.807) is 13.0 Å². The van der Waals surface area contributed by atoms with Crippen molar-refractivity contribution in [3.63, 3.8) is 0 Å². The Labute approximate surface area is 113 Å². The van der Waals surface area contributed by atoms with E-state index in [1.165, 1.54) is 24.4 Å². The van der Waals surface area contributed by atoms with E-state index in [9.17, 15) is 10.1 Å². The second-order valence-electron chi connectivity index (χ2n) is 3.82. The Kier molecular flexibility index (Phi) is 3.52. The number of ether oxygens (including phenoxy) is 1. The number of hydrogen-bond donors (Lipinski definition) is 1. The van der Waals surface area contributed by atoms with Crippen molar-refractivity contribution < 1.29 is 9.66 Å². The number of pyridine rings is 1. The first-order valence-corrected chi connectivity index (χ1v) is 5.69. The summed E-state index contributed by atoms with van der Waals surface area (Å²) in [5.74, 6) is 0.118. The molecule has 1 aromatic carbocycles. The molecule has 0 radical (unpaired) electrons. The van der Waals surface area contributed by atoms with E-state index >= 15 is 0 Å². The SMILES string of the molecule is Cc1ccnc(Oc2cc(Cl)ccc2[N+](=O)[O-])c1N. The molecule has 0 unspecified atom stereocenters. The molecule has 1 aromatic heterocycles. The Balaban J connectivity index is 2.45. The zero-order valence-corrected chi connectivity index (χ0v) is 10.7. The standard InChI is InChI=1S/C12H10ClN3O3/c1-7-4-5-15-12(11(7)14)19-10-6-8(13)2-3-9(10)16(17)18/h2-6H,14H2,1H3. The molecule has 0 aliphatic heterocycles. The summed E-state index contributed by atoms with van der Waals surface area (Å²) in [6.07, 6.45) is 1.51. The van der Waals surface area contributed by atoms with Crippen molar-refractivity contribution in [2.24, 2.45) is 0 Å². The van der Waals surface area contributed by atoms with Crippen LogP contribution >= 0.6 is 11.6 Å². The van der Waals surface area contributed by atoms with Crippen LogP contribution in [0.5, 0.6) is 11.6 Å². The molecule has 0 saturated carbocycles. The van der Waals surface area contributed by atoms with Gasteiger partial charge in [-0.3, -0.25) is 10.1 Å². The van der Waals surface area contributed by atoms with Crippen molar-refractivity contribution in [2.75, 3.05) is 5.73 Å². The van der Waals surface area contributed by atoms with Gasteiger partial charge in [0.2, 0.25) is 11.6 Å². The van der Waals surface area contributed by atoms with Gasteiger partial charge in [0.1, 0.15) is 0 Å². The van der Waals surface area contributed by atoms with Gasteiger partial charge in [-0.15, -0.1) is 0 Å². The number of nitrogens with zero attached hydrogens (tertiary/aromatic N) is 2. The largest absolute Gasteiger partial charge is 0.430 e. The quantitative estimate of drug-likeness (QED) is 0.687. The molecule has 6 nitrogen and oxygen atoms in total. The minimum Gasteiger partial charge on any atom is -0.430 e. The van der Waals surface area contributed by atoms with Crippen molar-refractivity contribution in [3.8, 4) is 11.6 Å². The topological polar surface area (TPSA) is 91.3 Å². The van der Waals surface area contributed by atoms with Crippen LogP contribution in [0.2, 0.25) is 5.02 Å². The van der Waals surface area contributed by atoms with E-state index in [0.717, 1.165) is 5.56 Å². The number of benzene rings is 1. The molecular weight excluding hydrogens is 270 g/mol. The summed E-state index contributed by atoms with van der Waals surface area (Å²) in [7, 11) is 0. The number of halogens is 1. The average Bonchev–Trinajstić information content (AvgIpc) is 2.35. The number of anilines is 1. The fourth-order valence-electron chi connectivity index (χ4n) is 1.45. The molecule has 0 aliphatic carbocycles. The van der Waals surface area contributed by atoms with Gasteiger partial charge in [-0.05, 0) is 24.6 Å². The molecule has 19 heavy (non-hydrogen) atoms. The Morgan fingerprint density at radius 1 is 1.42 bits per heavy atom. The molecule has 0 atom stereocenters. The predicted octanol–water partition coefficient (Wildman–Crippen LogP) is 3.33. The van der Waals surface area contributed by atoms with Crippen LogP contribution in [-0.2, 0) is 0 Å². The normalized spacial score (nSPS) is 10.2. The lowest BCUT2D eigenvalue weighted by Gasteiger charge is -2.09. The Morgan fingerprint density at radius 2 is 2.16 bits per heavy atom. The molecule has 0 fully saturated rings. The summed E-state index contributed by atoms with van der Waals surface area (Å²) in [4.78, 5) is 14.3. The zero-order chi connectivity index (χ0) is 14.0. The third-order valence-corrected chi connectivity index (χ3v) is 2.73. The van der Waals surface area contributed by atoms with Gasteiger partial charge in [-0.1, -0.05) is 11.6 Å². The van der Waals surface area contributed by atoms with Gasteiger partial charge in [0.15, 0.2) is 0 Å². The molecule has 7 heteroatoms. The molecule has 98 valence electrons. The van der Waals surface area contributed by atoms with Gasteiger partial charge < -0.3 is 10.5 Å². The van der Waals surface area contributed by atoms with Gasteiger partial charge in [0, 0.05) is 23.4 Å². The van der Waals surface area contributed by atoms with E-state index in [-0.39, 0.29) is 17.3 Å². The number of nitro groups is 1. The minimum absolute atomic E-state index is 0.00213. The molecule has 0 spiro atoms. The van der Waals surface area contributed by atoms with Crippen LogP contribution in [0.15, 0.2) is 30.5 Å². The summed E-state index contributed by atoms with van der Waals surface area (Å²) < 4.78 is 5.40. The summed E-state index contributed by atoms with van der Waals surface area (Å²) in [6.45, 7) is 1.79. The molecule has 2 N–H and O–H groups in total. The van der Waals surface area contributed by atoms with Crippen LogP contribution in [0.3, 0.4) is 0 Å². The number of rotatable bonds is 3. The Bertz CT molecular complexity index is 646. The van der Waals surface area contributed by atoms with Gasteiger partial charge in [0.05, 0.1) is 10.6 Å². The molecular formula is C12H10ClN3O3. The summed E-state index contributed by atoms with van der Waals surface area (Å²) in [5.41, 5.74) is 6.71. The van der Waals surface area contributed by atoms with Crippen LogP contribution in [0.25, 0.3) is 0 Å². The molecule has 0 amide bonds. The number of hydrogen-bond acceptors (Lipinski definition) is 5. The van der Waals surface area contributed by atoms with Gasteiger partial charge in [-0.2, -0.15) is 0 Å². The lowest BCUT2D eigenvalue weighted by Crippen LogP contribution is -1.99. The highest BCUT2D eigenvalue weighted by Gasteiger charge is 2.18. The maximum atomic E-state index is 10.9. The van der Waals surface area contributed by atoms with Crippen molar-refractivity contribution in [1.82, 2.24) is 4.98 Å². The number of aromatic nitrogens is 1. The van der Waals surface area contributed by atoms with Gasteiger partial charge in [0.25, 0.3) is 0 Å². The van der Waals surface area contributed by atoms with Crippen molar-refractivity contribution >= 4 is 23.0 Å². The maximum absolute atomic E-state index is 10.9. The first kappa shape index (κ1) is 13.1. The lowest BCUT2D eigenvalue weighted by molar-refractivity contribution is -0.385. The first-order chi connectivity index (χ1) is 8.99. The van der Waals surface area contributed by atoms with Crippen LogP contribution in [-0.4, -0.2) is 9.91 Å². The van der Waals surface area contributed by atoms with Gasteiger partial charge in [-0.25, -0.2) is 4.98 Å². The van der Waals surface area contributed by atoms with Crippen LogP contribution in [0, 0.1) is 17.0 Å². The maximum Gasteiger partial charge on any atom is 0.311 e. The number of nitrogen functional groups attached to an aromatic ring is 1. The van der Waals surface area contributed by atoms with Gasteiger partial charge >= 0.3 is 5.69 Å². The predicted molar refractivity (Wildman–Crippen MR) is 71.6 cm³/mol. The fraction of sp³-hybridized carbons (Fsp3) is 0.0833. The monoisotopic (exact) mass is 279 g/mol. The van der Waals surface area contributed by atoms with Crippen LogP contribution in [0.4, 0.5) is 11.4 Å². The third-order valence-electron chi connectivity index (χ3n) is 2.50. The fourth-order valence-corrected chi connectivity index (χ4v) is 1.61. The highest BCUT2D eigenvalue weighted by atomic mass is 35.5. The third kappa shape index (κ3) is 2.74. The van der Waals surface area contributed by atoms with Crippen molar-refractivity contribution in [1.29, 1.82) is 0 Å². The number of nitrogens with two attached hydrogens (primary N) is 1. The van der Waals surface area contributed by atoms with Crippen LogP contribution < -0.4 is 10.5 Å². The summed E-state index contributed by atoms with van der Waals surface area (Å²) in [6, 6.07) is 5.75. The molecule has 0 saturated heterocycles. The van der Waals surface area contributed by atoms with E-state index in [1.807, 2.05) is 0 Å². The second-order valence-corrected chi connectivity index (χ2v) is 4.25. The van der Waals surface area contributed by atoms with E-state index < -0.39 is 4.92 Å². The highest BCUT2D eigenvalue weighted by Crippen LogP contribution is 2.35. The Morgan fingerprint density at radius 3 is 2.84 bits per heavy atom. The van der Waals surface area contributed by atoms with E-state index in [2.05, 4.69) is 4.98 Å². The number of aryl methyl sites for hydroxylation is 1. The summed E-state index contributed by atoms with van der Waals surface area (Å²) in [5, 5.41) is 11.2. The molecule has 2 rings (SSSR count). The number of nitro benzene ring substituents is 1. The van der Waals surface area contributed by atoms with E-state index in [0.29, 0.717) is 10.7 Å². The van der Waals surface area contributed by atoms with E-state index in [4.69, 9.17) is 22.1 Å². The Hall–Kier alpha value is -2.34. The van der Waals surface area contributed by atoms with Crippen LogP contribution in [0.1, 0.15) is 5.56 Å². The molecule has 0 bridgehead atoms. The minimum atomic E-state index is -0.558. The smallest absolute Gasteiger partial charge is 0.311 e. The van der Waals surface area contributed by atoms with Crippen molar-refractivity contribution in [3.05, 3.63) is 51.2 Å². The lowest BCUT2D eigenvalue weighted by atomic mass is 10.2. The summed E-state index contributed by atoms with van der Waals surface area (Å²) >= 11 is 5.80. The first-order valence-electron chi connectivity index (χ1n) is 5.32. The second kappa shape index (κ2) is 5.11. The molecule has 0 aliphatic rings. The average molecular weight is 280 g/mol. The molecule has 2 aromatic rings.